The van der Waals surface area contributed by atoms with Crippen molar-refractivity contribution in [1.82, 2.24) is 0 Å². The molecule has 0 heterocycles. The van der Waals surface area contributed by atoms with Gasteiger partial charge in [-0.3, -0.25) is 0 Å². The first-order valence-electron chi connectivity index (χ1n) is 3.70. The molecule has 0 fully saturated rings. The second-order valence-corrected chi connectivity index (χ2v) is 3.04. The predicted molar refractivity (Wildman–Crippen MR) is 52.5 cm³/mol. The Kier molecular flexibility index (Phi) is 2.94. The van der Waals surface area contributed by atoms with Gasteiger partial charge in [-0.15, -0.1) is 0 Å². The summed E-state index contributed by atoms with van der Waals surface area (Å²) in [6.07, 6.45) is 3.00. The lowest BCUT2D eigenvalue weighted by atomic mass is 10.1. The van der Waals surface area contributed by atoms with Crippen molar-refractivity contribution in [3.8, 4) is 11.8 Å². The SMILES string of the molecule is Cc1cc(/C=C/C#N)cc(Cl)c1O. The quantitative estimate of drug-likeness (QED) is 0.697. The molecule has 1 aromatic carbocycles. The summed E-state index contributed by atoms with van der Waals surface area (Å²) in [4.78, 5) is 0. The Hall–Kier alpha value is -1.46. The van der Waals surface area contributed by atoms with Gasteiger partial charge in [0, 0.05) is 6.08 Å². The van der Waals surface area contributed by atoms with Crippen molar-refractivity contribution >= 4 is 17.7 Å². The third-order valence-corrected chi connectivity index (χ3v) is 1.91. The molecule has 3 heteroatoms. The van der Waals surface area contributed by atoms with Crippen molar-refractivity contribution < 1.29 is 5.11 Å². The van der Waals surface area contributed by atoms with Gasteiger partial charge in [-0.25, -0.2) is 0 Å². The van der Waals surface area contributed by atoms with Crippen LogP contribution in [0.3, 0.4) is 0 Å². The van der Waals surface area contributed by atoms with Crippen LogP contribution in [0.2, 0.25) is 5.02 Å². The molecular formula is C10H8ClNO. The van der Waals surface area contributed by atoms with Crippen molar-refractivity contribution in [2.75, 3.05) is 0 Å². The number of allylic oxidation sites excluding steroid dienone is 1. The first kappa shape index (κ1) is 9.63. The van der Waals surface area contributed by atoms with Crippen molar-refractivity contribution in [3.63, 3.8) is 0 Å². The molecule has 0 aromatic heterocycles. The molecule has 0 saturated carbocycles. The second kappa shape index (κ2) is 3.97. The van der Waals surface area contributed by atoms with Gasteiger partial charge in [0.05, 0.1) is 11.1 Å². The number of aromatic hydroxyl groups is 1. The molecule has 1 rings (SSSR count). The minimum absolute atomic E-state index is 0.0933. The van der Waals surface area contributed by atoms with E-state index in [9.17, 15) is 5.11 Å². The normalized spacial score (nSPS) is 10.2. The van der Waals surface area contributed by atoms with Crippen LogP contribution < -0.4 is 0 Å². The molecule has 0 radical (unpaired) electrons. The van der Waals surface area contributed by atoms with Gasteiger partial charge in [0.2, 0.25) is 0 Å². The van der Waals surface area contributed by atoms with E-state index in [0.29, 0.717) is 10.6 Å². The lowest BCUT2D eigenvalue weighted by Gasteiger charge is -2.02. The first-order valence-corrected chi connectivity index (χ1v) is 4.08. The summed E-state index contributed by atoms with van der Waals surface area (Å²) in [5.74, 6) is 0.0933. The van der Waals surface area contributed by atoms with Crippen LogP contribution in [0.15, 0.2) is 18.2 Å². The maximum absolute atomic E-state index is 9.34. The van der Waals surface area contributed by atoms with Crippen LogP contribution in [0, 0.1) is 18.3 Å². The van der Waals surface area contributed by atoms with Crippen LogP contribution in [-0.4, -0.2) is 5.11 Å². The van der Waals surface area contributed by atoms with Gasteiger partial charge in [0.25, 0.3) is 0 Å². The molecule has 0 saturated heterocycles. The van der Waals surface area contributed by atoms with Crippen LogP contribution in [0.25, 0.3) is 6.08 Å². The number of hydrogen-bond acceptors (Lipinski definition) is 2. The molecule has 0 aliphatic rings. The van der Waals surface area contributed by atoms with E-state index in [0.717, 1.165) is 5.56 Å². The zero-order chi connectivity index (χ0) is 9.84. The molecule has 0 unspecified atom stereocenters. The number of rotatable bonds is 1. The molecular weight excluding hydrogens is 186 g/mol. The molecule has 0 amide bonds. The van der Waals surface area contributed by atoms with Crippen LogP contribution >= 0.6 is 11.6 Å². The number of benzene rings is 1. The van der Waals surface area contributed by atoms with E-state index >= 15 is 0 Å². The third-order valence-electron chi connectivity index (χ3n) is 1.63. The van der Waals surface area contributed by atoms with E-state index in [4.69, 9.17) is 16.9 Å². The standard InChI is InChI=1S/C10H8ClNO/c1-7-5-8(3-2-4-12)6-9(11)10(7)13/h2-3,5-6,13H,1H3/b3-2+. The number of nitriles is 1. The molecule has 2 nitrogen and oxygen atoms in total. The Morgan fingerprint density at radius 2 is 2.23 bits per heavy atom. The summed E-state index contributed by atoms with van der Waals surface area (Å²) in [6.45, 7) is 1.75. The van der Waals surface area contributed by atoms with Gasteiger partial charge in [-0.2, -0.15) is 5.26 Å². The van der Waals surface area contributed by atoms with E-state index in [2.05, 4.69) is 0 Å². The van der Waals surface area contributed by atoms with Crippen molar-refractivity contribution in [2.45, 2.75) is 6.92 Å². The summed E-state index contributed by atoms with van der Waals surface area (Å²) in [7, 11) is 0. The van der Waals surface area contributed by atoms with E-state index < -0.39 is 0 Å². The number of hydrogen-bond donors (Lipinski definition) is 1. The van der Waals surface area contributed by atoms with Crippen LogP contribution in [-0.2, 0) is 0 Å². The summed E-state index contributed by atoms with van der Waals surface area (Å²) in [5, 5.41) is 17.9. The Morgan fingerprint density at radius 1 is 1.54 bits per heavy atom. The number of aryl methyl sites for hydroxylation is 1. The maximum atomic E-state index is 9.34. The highest BCUT2D eigenvalue weighted by Crippen LogP contribution is 2.28. The summed E-state index contributed by atoms with van der Waals surface area (Å²) < 4.78 is 0. The average Bonchev–Trinajstić information content (AvgIpc) is 2.10. The van der Waals surface area contributed by atoms with Gasteiger partial charge in [0.1, 0.15) is 5.75 Å². The van der Waals surface area contributed by atoms with Gasteiger partial charge >= 0.3 is 0 Å². The zero-order valence-electron chi connectivity index (χ0n) is 7.08. The molecule has 0 aliphatic carbocycles. The van der Waals surface area contributed by atoms with E-state index in [1.807, 2.05) is 6.07 Å². The van der Waals surface area contributed by atoms with Crippen LogP contribution in [0.5, 0.6) is 5.75 Å². The summed E-state index contributed by atoms with van der Waals surface area (Å²) >= 11 is 5.73. The van der Waals surface area contributed by atoms with Gasteiger partial charge in [0.15, 0.2) is 0 Å². The number of phenolic OH excluding ortho intramolecular Hbond substituents is 1. The molecule has 0 aliphatic heterocycles. The Bertz CT molecular complexity index is 367. The monoisotopic (exact) mass is 193 g/mol. The molecule has 1 N–H and O–H groups in total. The summed E-state index contributed by atoms with van der Waals surface area (Å²) in [6, 6.07) is 5.25. The highest BCUT2D eigenvalue weighted by Gasteiger charge is 2.02. The maximum Gasteiger partial charge on any atom is 0.137 e. The number of halogens is 1. The Balaban J connectivity index is 3.15. The van der Waals surface area contributed by atoms with Crippen molar-refractivity contribution in [2.24, 2.45) is 0 Å². The van der Waals surface area contributed by atoms with Crippen LogP contribution in [0.1, 0.15) is 11.1 Å². The number of nitrogens with zero attached hydrogens (tertiary/aromatic N) is 1. The molecule has 13 heavy (non-hydrogen) atoms. The third kappa shape index (κ3) is 2.24. The fourth-order valence-corrected chi connectivity index (χ4v) is 1.27. The predicted octanol–water partition coefficient (Wildman–Crippen LogP) is 2.89. The van der Waals surface area contributed by atoms with E-state index in [-0.39, 0.29) is 5.75 Å². The van der Waals surface area contributed by atoms with Crippen LogP contribution in [0.4, 0.5) is 0 Å². The van der Waals surface area contributed by atoms with E-state index in [1.165, 1.54) is 6.08 Å². The fraction of sp³-hybridized carbons (Fsp3) is 0.100. The highest BCUT2D eigenvalue weighted by molar-refractivity contribution is 6.32. The minimum atomic E-state index is 0.0933. The highest BCUT2D eigenvalue weighted by atomic mass is 35.5. The lowest BCUT2D eigenvalue weighted by molar-refractivity contribution is 0.471. The second-order valence-electron chi connectivity index (χ2n) is 2.63. The fourth-order valence-electron chi connectivity index (χ4n) is 0.993. The smallest absolute Gasteiger partial charge is 0.137 e. The lowest BCUT2D eigenvalue weighted by Crippen LogP contribution is -1.79. The molecule has 1 aromatic rings. The number of phenols is 1. The first-order chi connectivity index (χ1) is 6.15. The van der Waals surface area contributed by atoms with Gasteiger partial charge in [-0.1, -0.05) is 11.6 Å². The molecule has 0 atom stereocenters. The molecule has 0 bridgehead atoms. The van der Waals surface area contributed by atoms with E-state index in [1.54, 1.807) is 25.1 Å². The topological polar surface area (TPSA) is 44.0 Å². The summed E-state index contributed by atoms with van der Waals surface area (Å²) in [5.41, 5.74) is 1.51. The van der Waals surface area contributed by atoms with Gasteiger partial charge < -0.3 is 5.11 Å². The molecule has 0 spiro atoms. The average molecular weight is 194 g/mol. The Labute approximate surface area is 81.7 Å². The zero-order valence-corrected chi connectivity index (χ0v) is 7.84. The van der Waals surface area contributed by atoms with Gasteiger partial charge in [-0.05, 0) is 36.3 Å². The largest absolute Gasteiger partial charge is 0.506 e. The van der Waals surface area contributed by atoms with Crippen molar-refractivity contribution in [1.29, 1.82) is 5.26 Å². The minimum Gasteiger partial charge on any atom is -0.506 e. The van der Waals surface area contributed by atoms with Crippen molar-refractivity contribution in [3.05, 3.63) is 34.4 Å². The molecule has 66 valence electrons. The Morgan fingerprint density at radius 3 is 2.77 bits per heavy atom.